The first-order valence-corrected chi connectivity index (χ1v) is 7.32. The van der Waals surface area contributed by atoms with Crippen molar-refractivity contribution in [3.05, 3.63) is 11.6 Å². The van der Waals surface area contributed by atoms with Gasteiger partial charge in [-0.05, 0) is 18.6 Å². The molecular weight excluding hydrogens is 276 g/mol. The number of Topliss-reactive ketones (excluding diaryl/α,β-unsaturated/α-hetero) is 1. The van der Waals surface area contributed by atoms with Gasteiger partial charge in [-0.25, -0.2) is 0 Å². The van der Waals surface area contributed by atoms with Crippen LogP contribution in [0.15, 0.2) is 11.6 Å². The minimum Gasteiger partial charge on any atom is -0.396 e. The molecule has 0 aromatic carbocycles. The normalized spacial score (nSPS) is 58.1. The molecule has 4 rings (SSSR count). The first-order valence-electron chi connectivity index (χ1n) is 7.32. The molecule has 2 aliphatic carbocycles. The summed E-state index contributed by atoms with van der Waals surface area (Å²) in [5, 5.41) is 31.1. The Hall–Kier alpha value is -0.790. The quantitative estimate of drug-likeness (QED) is 0.546. The van der Waals surface area contributed by atoms with Gasteiger partial charge >= 0.3 is 0 Å². The van der Waals surface area contributed by atoms with Crippen molar-refractivity contribution in [3.8, 4) is 0 Å². The zero-order valence-corrected chi connectivity index (χ0v) is 12.1. The summed E-state index contributed by atoms with van der Waals surface area (Å²) in [5.41, 5.74) is -2.09. The molecule has 7 atom stereocenters. The lowest BCUT2D eigenvalue weighted by atomic mass is 9.51. The number of ketones is 1. The Balaban J connectivity index is 1.94. The number of epoxide rings is 1. The number of carbonyl (C=O) groups excluding carboxylic acids is 1. The van der Waals surface area contributed by atoms with Crippen LogP contribution in [0.2, 0.25) is 0 Å². The first kappa shape index (κ1) is 13.8. The van der Waals surface area contributed by atoms with Gasteiger partial charge < -0.3 is 24.8 Å². The van der Waals surface area contributed by atoms with E-state index >= 15 is 0 Å². The predicted molar refractivity (Wildman–Crippen MR) is 70.4 cm³/mol. The Morgan fingerprint density at radius 1 is 1.43 bits per heavy atom. The van der Waals surface area contributed by atoms with E-state index < -0.39 is 40.8 Å². The van der Waals surface area contributed by atoms with Crippen molar-refractivity contribution in [2.24, 2.45) is 10.8 Å². The van der Waals surface area contributed by atoms with Crippen LogP contribution in [0.3, 0.4) is 0 Å². The fourth-order valence-corrected chi connectivity index (χ4v) is 4.90. The molecule has 3 N–H and O–H groups in total. The second-order valence-electron chi connectivity index (χ2n) is 7.06. The molecule has 0 aromatic heterocycles. The Kier molecular flexibility index (Phi) is 2.47. The summed E-state index contributed by atoms with van der Waals surface area (Å²) in [5.74, 6) is -0.0621. The third kappa shape index (κ3) is 1.22. The van der Waals surface area contributed by atoms with Gasteiger partial charge in [0, 0.05) is 17.3 Å². The number of ether oxygens (including phenoxy) is 2. The standard InChI is InChI=1S/C15H20O6/c1-7-3-9-14(5-16,4-8(7)17)13(2)11(19)10(18)12(21-9)15(13)6-20-15/h3,9-12,16,18-19H,4-6H2,1-2H3. The summed E-state index contributed by atoms with van der Waals surface area (Å²) in [7, 11) is 0. The third-order valence-electron chi connectivity index (χ3n) is 6.49. The molecule has 0 amide bonds. The fourth-order valence-electron chi connectivity index (χ4n) is 4.90. The molecule has 2 saturated heterocycles. The fraction of sp³-hybridized carbons (Fsp3) is 0.800. The van der Waals surface area contributed by atoms with Crippen LogP contribution in [-0.2, 0) is 14.3 Å². The third-order valence-corrected chi connectivity index (χ3v) is 6.49. The zero-order chi connectivity index (χ0) is 15.2. The monoisotopic (exact) mass is 296 g/mol. The van der Waals surface area contributed by atoms with E-state index in [0.717, 1.165) is 0 Å². The highest BCUT2D eigenvalue weighted by molar-refractivity contribution is 5.96. The highest BCUT2D eigenvalue weighted by Crippen LogP contribution is 2.70. The van der Waals surface area contributed by atoms with Gasteiger partial charge in [0.2, 0.25) is 0 Å². The van der Waals surface area contributed by atoms with E-state index in [4.69, 9.17) is 9.47 Å². The topological polar surface area (TPSA) is 99.5 Å². The molecule has 1 saturated carbocycles. The van der Waals surface area contributed by atoms with Crippen molar-refractivity contribution in [3.63, 3.8) is 0 Å². The second-order valence-corrected chi connectivity index (χ2v) is 7.06. The van der Waals surface area contributed by atoms with E-state index in [2.05, 4.69) is 0 Å². The van der Waals surface area contributed by atoms with E-state index in [9.17, 15) is 20.1 Å². The molecule has 3 fully saturated rings. The number of fused-ring (bicyclic) bond motifs is 2. The summed E-state index contributed by atoms with van der Waals surface area (Å²) >= 11 is 0. The van der Waals surface area contributed by atoms with Crippen LogP contribution in [0, 0.1) is 10.8 Å². The largest absolute Gasteiger partial charge is 0.396 e. The van der Waals surface area contributed by atoms with Crippen molar-refractivity contribution in [1.82, 2.24) is 0 Å². The molecule has 7 unspecified atom stereocenters. The van der Waals surface area contributed by atoms with Gasteiger partial charge in [-0.15, -0.1) is 0 Å². The number of aliphatic hydroxyl groups is 3. The summed E-state index contributed by atoms with van der Waals surface area (Å²) in [4.78, 5) is 12.2. The Morgan fingerprint density at radius 3 is 2.67 bits per heavy atom. The summed E-state index contributed by atoms with van der Waals surface area (Å²) < 4.78 is 11.6. The molecule has 2 heterocycles. The zero-order valence-electron chi connectivity index (χ0n) is 12.1. The molecule has 6 heteroatoms. The molecule has 0 radical (unpaired) electrons. The van der Waals surface area contributed by atoms with Gasteiger partial charge in [-0.1, -0.05) is 6.92 Å². The average Bonchev–Trinajstić information content (AvgIpc) is 3.24. The van der Waals surface area contributed by atoms with E-state index in [0.29, 0.717) is 12.2 Å². The lowest BCUT2D eigenvalue weighted by molar-refractivity contribution is -0.224. The van der Waals surface area contributed by atoms with E-state index in [-0.39, 0.29) is 18.8 Å². The molecule has 0 aromatic rings. The maximum Gasteiger partial charge on any atom is 0.159 e. The minimum absolute atomic E-state index is 0.0621. The Labute approximate surface area is 122 Å². The van der Waals surface area contributed by atoms with Gasteiger partial charge in [-0.2, -0.15) is 0 Å². The van der Waals surface area contributed by atoms with Crippen molar-refractivity contribution in [2.75, 3.05) is 13.2 Å². The van der Waals surface area contributed by atoms with Gasteiger partial charge in [0.25, 0.3) is 0 Å². The second kappa shape index (κ2) is 3.75. The lowest BCUT2D eigenvalue weighted by Gasteiger charge is -2.57. The van der Waals surface area contributed by atoms with Crippen molar-refractivity contribution >= 4 is 5.78 Å². The van der Waals surface area contributed by atoms with Crippen LogP contribution in [0.25, 0.3) is 0 Å². The van der Waals surface area contributed by atoms with Crippen LogP contribution in [0.5, 0.6) is 0 Å². The molecular formula is C15H20O6. The highest BCUT2D eigenvalue weighted by atomic mass is 16.6. The van der Waals surface area contributed by atoms with E-state index in [1.54, 1.807) is 19.9 Å². The average molecular weight is 296 g/mol. The highest BCUT2D eigenvalue weighted by Gasteiger charge is 2.84. The molecule has 116 valence electrons. The minimum atomic E-state index is -1.10. The number of aliphatic hydroxyl groups excluding tert-OH is 3. The number of hydrogen-bond acceptors (Lipinski definition) is 6. The molecule has 2 bridgehead atoms. The van der Waals surface area contributed by atoms with Crippen molar-refractivity contribution in [1.29, 1.82) is 0 Å². The SMILES string of the molecule is CC1=CC2OC3C(O)C(O)C(C)(C2(CO)CC1=O)C31CO1. The van der Waals surface area contributed by atoms with Gasteiger partial charge in [0.1, 0.15) is 17.8 Å². The number of allylic oxidation sites excluding steroid dienone is 1. The Bertz CT molecular complexity index is 552. The van der Waals surface area contributed by atoms with Gasteiger partial charge in [0.05, 0.1) is 25.4 Å². The van der Waals surface area contributed by atoms with Gasteiger partial charge in [0.15, 0.2) is 5.78 Å². The molecule has 6 nitrogen and oxygen atoms in total. The van der Waals surface area contributed by atoms with Crippen LogP contribution in [0.1, 0.15) is 20.3 Å². The molecule has 2 aliphatic heterocycles. The predicted octanol–water partition coefficient (Wildman–Crippen LogP) is -0.838. The van der Waals surface area contributed by atoms with Crippen LogP contribution in [-0.4, -0.2) is 64.3 Å². The number of carbonyl (C=O) groups is 1. The summed E-state index contributed by atoms with van der Waals surface area (Å²) in [6.07, 6.45) is -1.49. The maximum atomic E-state index is 12.2. The summed E-state index contributed by atoms with van der Waals surface area (Å²) in [6.45, 7) is 3.60. The lowest BCUT2D eigenvalue weighted by Crippen LogP contribution is -2.67. The van der Waals surface area contributed by atoms with Crippen molar-refractivity contribution < 1.29 is 29.6 Å². The molecule has 21 heavy (non-hydrogen) atoms. The molecule has 1 spiro atoms. The van der Waals surface area contributed by atoms with Crippen molar-refractivity contribution in [2.45, 2.75) is 50.3 Å². The number of hydrogen-bond donors (Lipinski definition) is 3. The Morgan fingerprint density at radius 2 is 2.10 bits per heavy atom. The first-order chi connectivity index (χ1) is 9.84. The molecule has 4 aliphatic rings. The van der Waals surface area contributed by atoms with E-state index in [1.807, 2.05) is 0 Å². The van der Waals surface area contributed by atoms with Crippen LogP contribution >= 0.6 is 0 Å². The summed E-state index contributed by atoms with van der Waals surface area (Å²) in [6, 6.07) is 0. The maximum absolute atomic E-state index is 12.2. The van der Waals surface area contributed by atoms with Crippen LogP contribution < -0.4 is 0 Å². The number of rotatable bonds is 1. The van der Waals surface area contributed by atoms with Gasteiger partial charge in [-0.3, -0.25) is 4.79 Å². The van der Waals surface area contributed by atoms with Crippen LogP contribution in [0.4, 0.5) is 0 Å². The van der Waals surface area contributed by atoms with E-state index in [1.165, 1.54) is 0 Å². The smallest absolute Gasteiger partial charge is 0.159 e.